The molecule has 0 aromatic heterocycles. The van der Waals surface area contributed by atoms with E-state index in [1.807, 2.05) is 0 Å². The number of hydrogen-bond donors (Lipinski definition) is 0. The standard InChI is InChI=1S/C34H22Br4/c1-33(2)27-9-5-3-7-25(27)31-29(33)11-12-30-32(31)26-8-4-6-10-28(26)34(30,19-13-21(35)17-22(36)14-19)20-15-23(37)18-24(38)16-20/h3-18H,1-2H3. The summed E-state index contributed by atoms with van der Waals surface area (Å²) in [6, 6.07) is 36.0. The van der Waals surface area contributed by atoms with Crippen LogP contribution in [0, 0.1) is 0 Å². The number of rotatable bonds is 2. The molecule has 0 saturated heterocycles. The summed E-state index contributed by atoms with van der Waals surface area (Å²) in [6.45, 7) is 4.71. The average molecular weight is 750 g/mol. The van der Waals surface area contributed by atoms with Crippen molar-refractivity contribution in [1.29, 1.82) is 0 Å². The van der Waals surface area contributed by atoms with Crippen LogP contribution in [0.3, 0.4) is 0 Å². The summed E-state index contributed by atoms with van der Waals surface area (Å²) in [5, 5.41) is 0. The molecule has 7 rings (SSSR count). The molecule has 0 fully saturated rings. The Labute approximate surface area is 257 Å². The molecule has 4 heteroatoms. The molecule has 0 spiro atoms. The summed E-state index contributed by atoms with van der Waals surface area (Å²) >= 11 is 15.2. The normalized spacial score (nSPS) is 15.5. The third-order valence-electron chi connectivity index (χ3n) is 8.34. The van der Waals surface area contributed by atoms with Crippen LogP contribution in [0.25, 0.3) is 22.3 Å². The molecule has 0 N–H and O–H groups in total. The van der Waals surface area contributed by atoms with Crippen LogP contribution in [0.1, 0.15) is 47.2 Å². The van der Waals surface area contributed by atoms with E-state index in [4.69, 9.17) is 0 Å². The predicted molar refractivity (Wildman–Crippen MR) is 172 cm³/mol. The first-order chi connectivity index (χ1) is 18.2. The highest BCUT2D eigenvalue weighted by Gasteiger charge is 2.49. The van der Waals surface area contributed by atoms with Gasteiger partial charge in [-0.05, 0) is 92.0 Å². The van der Waals surface area contributed by atoms with E-state index in [0.717, 1.165) is 17.9 Å². The topological polar surface area (TPSA) is 0 Å². The molecule has 186 valence electrons. The molecule has 0 amide bonds. The molecule has 0 aliphatic heterocycles. The fourth-order valence-corrected chi connectivity index (χ4v) is 9.48. The van der Waals surface area contributed by atoms with Gasteiger partial charge in [-0.1, -0.05) is 138 Å². The first-order valence-electron chi connectivity index (χ1n) is 12.5. The maximum Gasteiger partial charge on any atom is 0.0715 e. The number of fused-ring (bicyclic) bond motifs is 7. The van der Waals surface area contributed by atoms with Crippen LogP contribution in [0.5, 0.6) is 0 Å². The molecule has 2 aliphatic carbocycles. The largest absolute Gasteiger partial charge is 0.0715 e. The van der Waals surface area contributed by atoms with Crippen LogP contribution in [0.2, 0.25) is 0 Å². The Morgan fingerprint density at radius 2 is 0.868 bits per heavy atom. The first kappa shape index (κ1) is 25.0. The molecule has 0 saturated carbocycles. The van der Waals surface area contributed by atoms with E-state index in [1.165, 1.54) is 55.6 Å². The minimum absolute atomic E-state index is 0.0568. The Morgan fingerprint density at radius 1 is 0.447 bits per heavy atom. The first-order valence-corrected chi connectivity index (χ1v) is 15.7. The second-order valence-electron chi connectivity index (χ2n) is 10.7. The Kier molecular flexibility index (Phi) is 5.77. The lowest BCUT2D eigenvalue weighted by Crippen LogP contribution is -2.29. The van der Waals surface area contributed by atoms with Crippen molar-refractivity contribution in [1.82, 2.24) is 0 Å². The quantitative estimate of drug-likeness (QED) is 0.165. The van der Waals surface area contributed by atoms with Crippen molar-refractivity contribution < 1.29 is 0 Å². The summed E-state index contributed by atoms with van der Waals surface area (Å²) in [4.78, 5) is 0. The summed E-state index contributed by atoms with van der Waals surface area (Å²) in [5.41, 5.74) is 12.7. The van der Waals surface area contributed by atoms with E-state index in [-0.39, 0.29) is 5.41 Å². The SMILES string of the molecule is CC1(C)c2ccccc2-c2c1ccc1c2-c2ccccc2C1(c1cc(Br)cc(Br)c1)c1cc(Br)cc(Br)c1. The zero-order chi connectivity index (χ0) is 26.4. The van der Waals surface area contributed by atoms with Crippen molar-refractivity contribution in [2.45, 2.75) is 24.7 Å². The average Bonchev–Trinajstić information content (AvgIpc) is 3.30. The van der Waals surface area contributed by atoms with Crippen molar-refractivity contribution in [3.63, 3.8) is 0 Å². The van der Waals surface area contributed by atoms with Gasteiger partial charge in [0.1, 0.15) is 0 Å². The lowest BCUT2D eigenvalue weighted by atomic mass is 9.67. The van der Waals surface area contributed by atoms with Crippen LogP contribution in [0.15, 0.2) is 115 Å². The van der Waals surface area contributed by atoms with Crippen LogP contribution < -0.4 is 0 Å². The fraction of sp³-hybridized carbons (Fsp3) is 0.118. The molecule has 0 nitrogen and oxygen atoms in total. The smallest absolute Gasteiger partial charge is 0.0619 e. The summed E-state index contributed by atoms with van der Waals surface area (Å²) in [7, 11) is 0. The Balaban J connectivity index is 1.70. The number of halogens is 4. The second-order valence-corrected chi connectivity index (χ2v) is 14.4. The van der Waals surface area contributed by atoms with Crippen molar-refractivity contribution in [2.75, 3.05) is 0 Å². The molecule has 0 heterocycles. The fourth-order valence-electron chi connectivity index (χ4n) is 6.89. The number of benzene rings is 5. The van der Waals surface area contributed by atoms with Gasteiger partial charge in [0.05, 0.1) is 5.41 Å². The zero-order valence-electron chi connectivity index (χ0n) is 20.7. The van der Waals surface area contributed by atoms with Gasteiger partial charge in [-0.15, -0.1) is 0 Å². The molecule has 5 aromatic rings. The van der Waals surface area contributed by atoms with Gasteiger partial charge in [-0.25, -0.2) is 0 Å². The summed E-state index contributed by atoms with van der Waals surface area (Å²) in [5.74, 6) is 0. The van der Waals surface area contributed by atoms with E-state index in [9.17, 15) is 0 Å². The maximum absolute atomic E-state index is 3.80. The Morgan fingerprint density at radius 3 is 1.42 bits per heavy atom. The van der Waals surface area contributed by atoms with Gasteiger partial charge < -0.3 is 0 Å². The van der Waals surface area contributed by atoms with E-state index in [1.54, 1.807) is 0 Å². The van der Waals surface area contributed by atoms with Gasteiger partial charge in [0.15, 0.2) is 0 Å². The van der Waals surface area contributed by atoms with Crippen LogP contribution in [0.4, 0.5) is 0 Å². The molecule has 0 bridgehead atoms. The third-order valence-corrected chi connectivity index (χ3v) is 10.2. The van der Waals surface area contributed by atoms with Gasteiger partial charge in [0, 0.05) is 23.3 Å². The lowest BCUT2D eigenvalue weighted by molar-refractivity contribution is 0.659. The van der Waals surface area contributed by atoms with Gasteiger partial charge in [0.2, 0.25) is 0 Å². The van der Waals surface area contributed by atoms with E-state index < -0.39 is 5.41 Å². The molecule has 0 unspecified atom stereocenters. The van der Waals surface area contributed by atoms with Crippen molar-refractivity contribution >= 4 is 63.7 Å². The monoisotopic (exact) mass is 746 g/mol. The Bertz CT molecular complexity index is 1710. The van der Waals surface area contributed by atoms with Crippen molar-refractivity contribution in [3.8, 4) is 22.3 Å². The van der Waals surface area contributed by atoms with Crippen molar-refractivity contribution in [2.24, 2.45) is 0 Å². The Hall–Kier alpha value is -1.98. The molecule has 38 heavy (non-hydrogen) atoms. The van der Waals surface area contributed by atoms with Crippen LogP contribution in [-0.4, -0.2) is 0 Å². The summed E-state index contributed by atoms with van der Waals surface area (Å²) in [6.07, 6.45) is 0. The van der Waals surface area contributed by atoms with Crippen LogP contribution >= 0.6 is 63.7 Å². The minimum Gasteiger partial charge on any atom is -0.0619 e. The van der Waals surface area contributed by atoms with Gasteiger partial charge in [-0.3, -0.25) is 0 Å². The van der Waals surface area contributed by atoms with E-state index >= 15 is 0 Å². The van der Waals surface area contributed by atoms with Gasteiger partial charge in [-0.2, -0.15) is 0 Å². The molecular weight excluding hydrogens is 728 g/mol. The highest BCUT2D eigenvalue weighted by Crippen LogP contribution is 2.62. The molecule has 0 atom stereocenters. The lowest BCUT2D eigenvalue weighted by Gasteiger charge is -2.35. The highest BCUT2D eigenvalue weighted by molar-refractivity contribution is 9.11. The van der Waals surface area contributed by atoms with Gasteiger partial charge >= 0.3 is 0 Å². The van der Waals surface area contributed by atoms with Crippen molar-refractivity contribution in [3.05, 3.63) is 148 Å². The second kappa shape index (κ2) is 8.76. The predicted octanol–water partition coefficient (Wildman–Crippen LogP) is 11.4. The minimum atomic E-state index is -0.499. The maximum atomic E-state index is 3.80. The molecule has 5 aromatic carbocycles. The summed E-state index contributed by atoms with van der Waals surface area (Å²) < 4.78 is 4.20. The number of hydrogen-bond acceptors (Lipinski definition) is 0. The molecule has 0 radical (unpaired) electrons. The van der Waals surface area contributed by atoms with E-state index in [0.29, 0.717) is 0 Å². The van der Waals surface area contributed by atoms with Crippen LogP contribution in [-0.2, 0) is 10.8 Å². The molecular formula is C34H22Br4. The van der Waals surface area contributed by atoms with Gasteiger partial charge in [0.25, 0.3) is 0 Å². The van der Waals surface area contributed by atoms with E-state index in [2.05, 4.69) is 175 Å². The molecule has 2 aliphatic rings. The highest BCUT2D eigenvalue weighted by atomic mass is 79.9. The zero-order valence-corrected chi connectivity index (χ0v) is 27.1. The third kappa shape index (κ3) is 3.36.